The Morgan fingerprint density at radius 1 is 1.22 bits per heavy atom. The zero-order valence-electron chi connectivity index (χ0n) is 12.2. The third-order valence-corrected chi connectivity index (χ3v) is 4.40. The van der Waals surface area contributed by atoms with E-state index in [-0.39, 0.29) is 0 Å². The largest absolute Gasteiger partial charge is 0.384 e. The molecule has 3 heteroatoms. The highest BCUT2D eigenvalue weighted by Gasteiger charge is 2.28. The number of rotatable bonds is 1. The summed E-state index contributed by atoms with van der Waals surface area (Å²) in [5.74, 6) is 1.66. The first-order chi connectivity index (χ1) is 8.38. The maximum atomic E-state index is 6.04. The topological polar surface area (TPSA) is 43.8 Å². The number of hydrogen-bond donors (Lipinski definition) is 1. The minimum absolute atomic E-state index is 0.431. The fourth-order valence-electron chi connectivity index (χ4n) is 3.22. The summed E-state index contributed by atoms with van der Waals surface area (Å²) in [5.41, 5.74) is 7.51. The van der Waals surface area contributed by atoms with Crippen LogP contribution >= 0.6 is 0 Å². The van der Waals surface area contributed by atoms with Crippen molar-refractivity contribution in [1.82, 2.24) is 9.78 Å². The predicted molar refractivity (Wildman–Crippen MR) is 76.4 cm³/mol. The highest BCUT2D eigenvalue weighted by atomic mass is 15.3. The molecule has 1 heterocycles. The van der Waals surface area contributed by atoms with Crippen molar-refractivity contribution in [2.45, 2.75) is 65.8 Å². The van der Waals surface area contributed by atoms with Gasteiger partial charge in [0.15, 0.2) is 0 Å². The van der Waals surface area contributed by atoms with E-state index in [1.807, 2.05) is 13.0 Å². The lowest BCUT2D eigenvalue weighted by molar-refractivity contribution is 0.212. The number of hydrogen-bond acceptors (Lipinski definition) is 2. The van der Waals surface area contributed by atoms with E-state index in [1.165, 1.54) is 32.1 Å². The van der Waals surface area contributed by atoms with Gasteiger partial charge in [-0.3, -0.25) is 0 Å². The molecule has 0 amide bonds. The Bertz CT molecular complexity index is 400. The minimum Gasteiger partial charge on any atom is -0.384 e. The van der Waals surface area contributed by atoms with Crippen molar-refractivity contribution in [3.63, 3.8) is 0 Å². The van der Waals surface area contributed by atoms with Crippen molar-refractivity contribution < 1.29 is 0 Å². The summed E-state index contributed by atoms with van der Waals surface area (Å²) >= 11 is 0. The van der Waals surface area contributed by atoms with Gasteiger partial charge >= 0.3 is 0 Å². The van der Waals surface area contributed by atoms with Crippen LogP contribution in [0.3, 0.4) is 0 Å². The number of nitrogen functional groups attached to an aromatic ring is 1. The van der Waals surface area contributed by atoms with E-state index in [4.69, 9.17) is 5.73 Å². The lowest BCUT2D eigenvalue weighted by Gasteiger charge is -2.29. The van der Waals surface area contributed by atoms with Crippen molar-refractivity contribution in [3.05, 3.63) is 11.8 Å². The van der Waals surface area contributed by atoms with Crippen molar-refractivity contribution in [2.75, 3.05) is 5.73 Å². The first kappa shape index (κ1) is 13.4. The zero-order valence-corrected chi connectivity index (χ0v) is 12.2. The van der Waals surface area contributed by atoms with Gasteiger partial charge in [-0.15, -0.1) is 0 Å². The first-order valence-corrected chi connectivity index (χ1v) is 7.19. The van der Waals surface area contributed by atoms with Crippen LogP contribution in [0.5, 0.6) is 0 Å². The lowest BCUT2D eigenvalue weighted by Crippen LogP contribution is -2.20. The first-order valence-electron chi connectivity index (χ1n) is 7.19. The second-order valence-electron chi connectivity index (χ2n) is 6.88. The van der Waals surface area contributed by atoms with Gasteiger partial charge in [0.2, 0.25) is 0 Å². The van der Waals surface area contributed by atoms with Crippen LogP contribution < -0.4 is 5.73 Å². The molecule has 1 aliphatic rings. The van der Waals surface area contributed by atoms with E-state index in [9.17, 15) is 0 Å². The molecule has 1 aromatic heterocycles. The molecule has 1 saturated carbocycles. The van der Waals surface area contributed by atoms with Crippen molar-refractivity contribution in [2.24, 2.45) is 11.3 Å². The monoisotopic (exact) mass is 249 g/mol. The predicted octanol–water partition coefficient (Wildman–Crippen LogP) is 3.94. The van der Waals surface area contributed by atoms with Crippen LogP contribution in [0.4, 0.5) is 5.82 Å². The summed E-state index contributed by atoms with van der Waals surface area (Å²) in [5, 5.41) is 4.55. The van der Waals surface area contributed by atoms with Crippen LogP contribution in [0, 0.1) is 18.3 Å². The van der Waals surface area contributed by atoms with Crippen LogP contribution in [0.25, 0.3) is 0 Å². The Hall–Kier alpha value is -0.990. The maximum Gasteiger partial charge on any atom is 0.122 e. The van der Waals surface area contributed by atoms with Gasteiger partial charge in [-0.2, -0.15) is 5.10 Å². The van der Waals surface area contributed by atoms with Gasteiger partial charge in [0.1, 0.15) is 5.82 Å². The van der Waals surface area contributed by atoms with Gasteiger partial charge in [-0.1, -0.05) is 27.2 Å². The molecule has 2 atom stereocenters. The van der Waals surface area contributed by atoms with E-state index < -0.39 is 0 Å². The van der Waals surface area contributed by atoms with Crippen LogP contribution in [0.2, 0.25) is 0 Å². The lowest BCUT2D eigenvalue weighted by atomic mass is 9.76. The van der Waals surface area contributed by atoms with Gasteiger partial charge in [0.05, 0.1) is 11.7 Å². The third kappa shape index (κ3) is 2.88. The Morgan fingerprint density at radius 2 is 1.94 bits per heavy atom. The van der Waals surface area contributed by atoms with Crippen LogP contribution in [0.1, 0.15) is 64.6 Å². The summed E-state index contributed by atoms with van der Waals surface area (Å²) in [6.07, 6.45) is 6.38. The Kier molecular flexibility index (Phi) is 3.69. The molecule has 1 aromatic rings. The molecule has 2 N–H and O–H groups in total. The van der Waals surface area contributed by atoms with E-state index in [0.717, 1.165) is 17.4 Å². The summed E-state index contributed by atoms with van der Waals surface area (Å²) < 4.78 is 2.06. The number of nitrogens with zero attached hydrogens (tertiary/aromatic N) is 2. The molecule has 0 spiro atoms. The molecule has 0 bridgehead atoms. The molecule has 0 aromatic carbocycles. The van der Waals surface area contributed by atoms with Crippen molar-refractivity contribution in [3.8, 4) is 0 Å². The van der Waals surface area contributed by atoms with Crippen LogP contribution in [0.15, 0.2) is 6.07 Å². The number of nitrogens with two attached hydrogens (primary N) is 1. The Morgan fingerprint density at radius 3 is 2.50 bits per heavy atom. The third-order valence-electron chi connectivity index (χ3n) is 4.40. The highest BCUT2D eigenvalue weighted by Crippen LogP contribution is 2.40. The smallest absolute Gasteiger partial charge is 0.122 e. The molecular formula is C15H27N3. The van der Waals surface area contributed by atoms with Crippen molar-refractivity contribution >= 4 is 5.82 Å². The summed E-state index contributed by atoms with van der Waals surface area (Å²) in [6.45, 7) is 9.11. The fourth-order valence-corrected chi connectivity index (χ4v) is 3.22. The van der Waals surface area contributed by atoms with Gasteiger partial charge < -0.3 is 5.73 Å². The SMILES string of the molecule is Cc1cc(N)n(C2CCCC(C(C)(C)C)CC2)n1. The molecule has 1 fully saturated rings. The second-order valence-corrected chi connectivity index (χ2v) is 6.88. The highest BCUT2D eigenvalue weighted by molar-refractivity contribution is 5.30. The average Bonchev–Trinajstić information content (AvgIpc) is 2.51. The quantitative estimate of drug-likeness (QED) is 0.766. The van der Waals surface area contributed by atoms with E-state index in [0.29, 0.717) is 11.5 Å². The Balaban J connectivity index is 2.08. The molecule has 2 rings (SSSR count). The average molecular weight is 249 g/mol. The Labute approximate surface area is 111 Å². The molecule has 0 radical (unpaired) electrons. The summed E-state index contributed by atoms with van der Waals surface area (Å²) in [6, 6.07) is 2.48. The number of aromatic nitrogens is 2. The van der Waals surface area contributed by atoms with Gasteiger partial charge in [-0.05, 0) is 43.9 Å². The van der Waals surface area contributed by atoms with E-state index in [2.05, 4.69) is 30.6 Å². The van der Waals surface area contributed by atoms with Crippen LogP contribution in [-0.4, -0.2) is 9.78 Å². The maximum absolute atomic E-state index is 6.04. The second kappa shape index (κ2) is 4.94. The molecular weight excluding hydrogens is 222 g/mol. The van der Waals surface area contributed by atoms with E-state index in [1.54, 1.807) is 0 Å². The molecule has 3 nitrogen and oxygen atoms in total. The summed E-state index contributed by atoms with van der Waals surface area (Å²) in [4.78, 5) is 0. The number of anilines is 1. The zero-order chi connectivity index (χ0) is 13.3. The molecule has 102 valence electrons. The molecule has 18 heavy (non-hydrogen) atoms. The van der Waals surface area contributed by atoms with Crippen molar-refractivity contribution in [1.29, 1.82) is 0 Å². The molecule has 1 aliphatic carbocycles. The molecule has 0 aliphatic heterocycles. The normalized spacial score (nSPS) is 26.0. The van der Waals surface area contributed by atoms with Gasteiger partial charge in [-0.25, -0.2) is 4.68 Å². The standard InChI is InChI=1S/C15H27N3/c1-11-10-14(16)18(17-11)13-7-5-6-12(8-9-13)15(2,3)4/h10,12-13H,5-9,16H2,1-4H3. The summed E-state index contributed by atoms with van der Waals surface area (Å²) in [7, 11) is 0. The van der Waals surface area contributed by atoms with Gasteiger partial charge in [0, 0.05) is 6.07 Å². The minimum atomic E-state index is 0.431. The van der Waals surface area contributed by atoms with Gasteiger partial charge in [0.25, 0.3) is 0 Å². The molecule has 0 saturated heterocycles. The van der Waals surface area contributed by atoms with Crippen LogP contribution in [-0.2, 0) is 0 Å². The fraction of sp³-hybridized carbons (Fsp3) is 0.800. The van der Waals surface area contributed by atoms with E-state index >= 15 is 0 Å². The number of aryl methyl sites for hydroxylation is 1. The molecule has 2 unspecified atom stereocenters.